The average Bonchev–Trinajstić information content (AvgIpc) is 3.01. The summed E-state index contributed by atoms with van der Waals surface area (Å²) in [5.41, 5.74) is -0.490. The lowest BCUT2D eigenvalue weighted by Gasteiger charge is -2.23. The Bertz CT molecular complexity index is 1150. The van der Waals surface area contributed by atoms with Gasteiger partial charge in [0.25, 0.3) is 5.91 Å². The van der Waals surface area contributed by atoms with Crippen LogP contribution < -0.4 is 14.4 Å². The van der Waals surface area contributed by atoms with Crippen molar-refractivity contribution >= 4 is 33.3 Å². The Labute approximate surface area is 194 Å². The van der Waals surface area contributed by atoms with Crippen molar-refractivity contribution in [3.05, 3.63) is 88.4 Å². The molecule has 1 N–H and O–H groups in total. The van der Waals surface area contributed by atoms with Crippen molar-refractivity contribution in [3.8, 4) is 11.5 Å². The highest BCUT2D eigenvalue weighted by Gasteiger charge is 2.50. The topological polar surface area (TPSA) is 76.1 Å². The SMILES string of the molecule is COc1ccccc1OCCN1C(=O)[C@@](O)(CC(=O)c2ccc(Br)cc2)c2ccccc21. The quantitative estimate of drug-likeness (QED) is 0.470. The number of carbonyl (C=O) groups excluding carboxylic acids is 2. The molecule has 6 nitrogen and oxygen atoms in total. The Morgan fingerprint density at radius 1 is 1.00 bits per heavy atom. The van der Waals surface area contributed by atoms with Gasteiger partial charge in [-0.25, -0.2) is 0 Å². The Balaban J connectivity index is 1.53. The fourth-order valence-corrected chi connectivity index (χ4v) is 4.12. The van der Waals surface area contributed by atoms with Gasteiger partial charge in [0.15, 0.2) is 22.9 Å². The molecular weight excluding hydrogens is 474 g/mol. The predicted molar refractivity (Wildman–Crippen MR) is 124 cm³/mol. The third-order valence-corrected chi connectivity index (χ3v) is 5.99. The predicted octanol–water partition coefficient (Wildman–Crippen LogP) is 4.34. The van der Waals surface area contributed by atoms with Gasteiger partial charge in [-0.1, -0.05) is 58.4 Å². The van der Waals surface area contributed by atoms with Crippen molar-refractivity contribution in [1.29, 1.82) is 0 Å². The third-order valence-electron chi connectivity index (χ3n) is 5.46. The summed E-state index contributed by atoms with van der Waals surface area (Å²) in [6, 6.07) is 21.1. The van der Waals surface area contributed by atoms with Crippen LogP contribution in [-0.4, -0.2) is 37.1 Å². The number of rotatable bonds is 8. The first-order valence-corrected chi connectivity index (χ1v) is 10.9. The van der Waals surface area contributed by atoms with Gasteiger partial charge in [-0.3, -0.25) is 9.59 Å². The molecule has 4 rings (SSSR count). The van der Waals surface area contributed by atoms with Crippen LogP contribution in [0.1, 0.15) is 22.3 Å². The minimum absolute atomic E-state index is 0.192. The van der Waals surface area contributed by atoms with Crippen molar-refractivity contribution in [3.63, 3.8) is 0 Å². The summed E-state index contributed by atoms with van der Waals surface area (Å²) in [5, 5.41) is 11.4. The molecular formula is C25H22BrNO5. The van der Waals surface area contributed by atoms with Crippen molar-refractivity contribution in [2.75, 3.05) is 25.2 Å². The van der Waals surface area contributed by atoms with Crippen LogP contribution in [0.2, 0.25) is 0 Å². The van der Waals surface area contributed by atoms with Crippen LogP contribution in [0.4, 0.5) is 5.69 Å². The number of benzene rings is 3. The first-order chi connectivity index (χ1) is 15.4. The van der Waals surface area contributed by atoms with E-state index in [-0.39, 0.29) is 25.4 Å². The van der Waals surface area contributed by atoms with E-state index in [1.165, 1.54) is 4.90 Å². The Kier molecular flexibility index (Phi) is 6.30. The maximum Gasteiger partial charge on any atom is 0.264 e. The molecule has 0 bridgehead atoms. The Morgan fingerprint density at radius 3 is 2.38 bits per heavy atom. The van der Waals surface area contributed by atoms with Crippen molar-refractivity contribution in [2.24, 2.45) is 0 Å². The molecule has 1 aliphatic heterocycles. The maximum absolute atomic E-state index is 13.3. The minimum Gasteiger partial charge on any atom is -0.493 e. The van der Waals surface area contributed by atoms with Gasteiger partial charge in [0.2, 0.25) is 0 Å². The number of fused-ring (bicyclic) bond motifs is 1. The van der Waals surface area contributed by atoms with E-state index >= 15 is 0 Å². The van der Waals surface area contributed by atoms with Crippen LogP contribution in [0.15, 0.2) is 77.3 Å². The maximum atomic E-state index is 13.3. The van der Waals surface area contributed by atoms with Crippen LogP contribution >= 0.6 is 15.9 Å². The Morgan fingerprint density at radius 2 is 1.66 bits per heavy atom. The zero-order valence-electron chi connectivity index (χ0n) is 17.5. The summed E-state index contributed by atoms with van der Waals surface area (Å²) in [7, 11) is 1.56. The Hall–Kier alpha value is -3.16. The van der Waals surface area contributed by atoms with Crippen molar-refractivity contribution < 1.29 is 24.2 Å². The molecule has 1 amide bonds. The smallest absolute Gasteiger partial charge is 0.264 e. The lowest BCUT2D eigenvalue weighted by atomic mass is 9.88. The van der Waals surface area contributed by atoms with Gasteiger partial charge < -0.3 is 19.5 Å². The van der Waals surface area contributed by atoms with E-state index in [0.717, 1.165) is 4.47 Å². The lowest BCUT2D eigenvalue weighted by molar-refractivity contribution is -0.135. The molecule has 0 unspecified atom stereocenters. The van der Waals surface area contributed by atoms with Gasteiger partial charge in [-0.05, 0) is 30.3 Å². The van der Waals surface area contributed by atoms with E-state index in [0.29, 0.717) is 28.3 Å². The summed E-state index contributed by atoms with van der Waals surface area (Å²) < 4.78 is 11.9. The third kappa shape index (κ3) is 4.13. The van der Waals surface area contributed by atoms with E-state index in [9.17, 15) is 14.7 Å². The van der Waals surface area contributed by atoms with Gasteiger partial charge in [0.05, 0.1) is 25.8 Å². The number of hydrogen-bond acceptors (Lipinski definition) is 5. The van der Waals surface area contributed by atoms with E-state index < -0.39 is 11.5 Å². The molecule has 164 valence electrons. The van der Waals surface area contributed by atoms with Crippen LogP contribution in [-0.2, 0) is 10.4 Å². The number of ether oxygens (including phenoxy) is 2. The molecule has 0 spiro atoms. The zero-order chi connectivity index (χ0) is 22.7. The fourth-order valence-electron chi connectivity index (χ4n) is 3.85. The van der Waals surface area contributed by atoms with Gasteiger partial charge >= 0.3 is 0 Å². The molecule has 3 aromatic carbocycles. The summed E-state index contributed by atoms with van der Waals surface area (Å²) in [4.78, 5) is 27.6. The molecule has 7 heteroatoms. The standard InChI is InChI=1S/C25H22BrNO5/c1-31-22-8-4-5-9-23(22)32-15-14-27-20-7-3-2-6-19(20)25(30,24(27)29)16-21(28)17-10-12-18(26)13-11-17/h2-13,30H,14-16H2,1H3/t25-/m1/s1. The van der Waals surface area contributed by atoms with Gasteiger partial charge in [0, 0.05) is 15.6 Å². The molecule has 0 aromatic heterocycles. The molecule has 0 aliphatic carbocycles. The summed E-state index contributed by atoms with van der Waals surface area (Å²) in [6.45, 7) is 0.403. The number of para-hydroxylation sites is 3. The van der Waals surface area contributed by atoms with E-state index in [4.69, 9.17) is 9.47 Å². The van der Waals surface area contributed by atoms with E-state index in [1.54, 1.807) is 67.8 Å². The molecule has 0 radical (unpaired) electrons. The number of Topliss-reactive ketones (excluding diaryl/α,β-unsaturated/α-hetero) is 1. The number of aliphatic hydroxyl groups is 1. The van der Waals surface area contributed by atoms with Crippen molar-refractivity contribution in [1.82, 2.24) is 0 Å². The summed E-state index contributed by atoms with van der Waals surface area (Å²) in [6.07, 6.45) is -0.339. The molecule has 1 heterocycles. The number of carbonyl (C=O) groups is 2. The highest BCUT2D eigenvalue weighted by Crippen LogP contribution is 2.42. The summed E-state index contributed by atoms with van der Waals surface area (Å²) in [5.74, 6) is 0.316. The average molecular weight is 496 g/mol. The molecule has 32 heavy (non-hydrogen) atoms. The van der Waals surface area contributed by atoms with E-state index in [1.807, 2.05) is 12.1 Å². The monoisotopic (exact) mass is 495 g/mol. The molecule has 3 aromatic rings. The number of hydrogen-bond donors (Lipinski definition) is 1. The van der Waals surface area contributed by atoms with Gasteiger partial charge in [-0.2, -0.15) is 0 Å². The second kappa shape index (κ2) is 9.14. The first-order valence-electron chi connectivity index (χ1n) is 10.1. The van der Waals surface area contributed by atoms with Gasteiger partial charge in [-0.15, -0.1) is 0 Å². The number of methoxy groups -OCH3 is 1. The first kappa shape index (κ1) is 22.0. The highest BCUT2D eigenvalue weighted by molar-refractivity contribution is 9.10. The molecule has 0 saturated carbocycles. The largest absolute Gasteiger partial charge is 0.493 e. The molecule has 1 aliphatic rings. The van der Waals surface area contributed by atoms with Crippen LogP contribution in [0.3, 0.4) is 0 Å². The summed E-state index contributed by atoms with van der Waals surface area (Å²) >= 11 is 3.34. The number of amides is 1. The number of anilines is 1. The van der Waals surface area contributed by atoms with E-state index in [2.05, 4.69) is 15.9 Å². The van der Waals surface area contributed by atoms with Crippen LogP contribution in [0, 0.1) is 0 Å². The van der Waals surface area contributed by atoms with Crippen molar-refractivity contribution in [2.45, 2.75) is 12.0 Å². The molecule has 0 fully saturated rings. The number of ketones is 1. The number of nitrogens with zero attached hydrogens (tertiary/aromatic N) is 1. The molecule has 0 saturated heterocycles. The van der Waals surface area contributed by atoms with Crippen LogP contribution in [0.25, 0.3) is 0 Å². The minimum atomic E-state index is -1.93. The number of halogens is 1. The van der Waals surface area contributed by atoms with Crippen LogP contribution in [0.5, 0.6) is 11.5 Å². The normalized spacial score (nSPS) is 17.2. The highest BCUT2D eigenvalue weighted by atomic mass is 79.9. The van der Waals surface area contributed by atoms with Gasteiger partial charge in [0.1, 0.15) is 6.61 Å². The zero-order valence-corrected chi connectivity index (χ0v) is 19.0. The lowest BCUT2D eigenvalue weighted by Crippen LogP contribution is -2.43. The molecule has 1 atom stereocenters. The second-order valence-electron chi connectivity index (χ2n) is 7.44. The fraction of sp³-hybridized carbons (Fsp3) is 0.200. The second-order valence-corrected chi connectivity index (χ2v) is 8.36.